The normalized spacial score (nSPS) is 10.9. The molecule has 3 aromatic rings. The van der Waals surface area contributed by atoms with Crippen LogP contribution in [0.2, 0.25) is 0 Å². The molecule has 9 nitrogen and oxygen atoms in total. The standard InChI is InChI=1S/C15H16N6O3/c1-9-15(21(23)24)10(2)20(19-9)8-14(22)16-7-13-17-11-5-3-4-6-12(11)18-13/h3-6H,7-8H2,1-2H3,(H,16,22)(H,17,18). The number of carbonyl (C=O) groups excluding carboxylic acids is 1. The first kappa shape index (κ1) is 15.7. The minimum Gasteiger partial charge on any atom is -0.347 e. The lowest BCUT2D eigenvalue weighted by Gasteiger charge is -2.04. The zero-order valence-corrected chi connectivity index (χ0v) is 13.2. The first-order valence-corrected chi connectivity index (χ1v) is 7.34. The van der Waals surface area contributed by atoms with Crippen molar-refractivity contribution in [3.8, 4) is 0 Å². The molecule has 0 saturated heterocycles. The number of H-pyrrole nitrogens is 1. The number of aromatic nitrogens is 4. The van der Waals surface area contributed by atoms with Gasteiger partial charge in [-0.1, -0.05) is 12.1 Å². The van der Waals surface area contributed by atoms with Gasteiger partial charge in [0.05, 0.1) is 22.5 Å². The topological polar surface area (TPSA) is 119 Å². The van der Waals surface area contributed by atoms with E-state index in [1.165, 1.54) is 4.68 Å². The van der Waals surface area contributed by atoms with Crippen molar-refractivity contribution >= 4 is 22.6 Å². The molecule has 1 aromatic carbocycles. The predicted octanol–water partition coefficient (Wildman–Crippen LogP) is 1.60. The summed E-state index contributed by atoms with van der Waals surface area (Å²) < 4.78 is 1.33. The second kappa shape index (κ2) is 6.11. The summed E-state index contributed by atoms with van der Waals surface area (Å²) >= 11 is 0. The number of nitrogens with one attached hydrogen (secondary N) is 2. The molecule has 124 valence electrons. The monoisotopic (exact) mass is 328 g/mol. The Balaban J connectivity index is 1.66. The number of nitrogens with zero attached hydrogens (tertiary/aromatic N) is 4. The molecule has 0 fully saturated rings. The van der Waals surface area contributed by atoms with Crippen LogP contribution in [0.15, 0.2) is 24.3 Å². The number of rotatable bonds is 5. The number of fused-ring (bicyclic) bond motifs is 1. The molecular formula is C15H16N6O3. The Labute approximate surface area is 136 Å². The van der Waals surface area contributed by atoms with Gasteiger partial charge in [0.15, 0.2) is 0 Å². The molecule has 2 heterocycles. The third kappa shape index (κ3) is 2.96. The molecule has 0 aliphatic carbocycles. The zero-order valence-electron chi connectivity index (χ0n) is 13.2. The van der Waals surface area contributed by atoms with E-state index in [1.807, 2.05) is 24.3 Å². The molecule has 1 amide bonds. The Morgan fingerprint density at radius 1 is 1.38 bits per heavy atom. The number of carbonyl (C=O) groups is 1. The molecule has 0 unspecified atom stereocenters. The molecule has 0 spiro atoms. The molecular weight excluding hydrogens is 312 g/mol. The fraction of sp³-hybridized carbons (Fsp3) is 0.267. The van der Waals surface area contributed by atoms with E-state index in [0.717, 1.165) is 11.0 Å². The Hall–Kier alpha value is -3.23. The highest BCUT2D eigenvalue weighted by atomic mass is 16.6. The molecule has 0 saturated carbocycles. The van der Waals surface area contributed by atoms with Crippen molar-refractivity contribution < 1.29 is 9.72 Å². The summed E-state index contributed by atoms with van der Waals surface area (Å²) in [6.07, 6.45) is 0. The minimum absolute atomic E-state index is 0.0555. The van der Waals surface area contributed by atoms with Crippen molar-refractivity contribution in [3.05, 3.63) is 51.6 Å². The van der Waals surface area contributed by atoms with Gasteiger partial charge in [-0.3, -0.25) is 19.6 Å². The van der Waals surface area contributed by atoms with Gasteiger partial charge in [0.25, 0.3) is 0 Å². The lowest BCUT2D eigenvalue weighted by atomic mass is 10.3. The van der Waals surface area contributed by atoms with Crippen LogP contribution in [-0.2, 0) is 17.9 Å². The van der Waals surface area contributed by atoms with Gasteiger partial charge >= 0.3 is 5.69 Å². The first-order valence-electron chi connectivity index (χ1n) is 7.34. The van der Waals surface area contributed by atoms with Crippen LogP contribution >= 0.6 is 0 Å². The van der Waals surface area contributed by atoms with E-state index in [-0.39, 0.29) is 24.7 Å². The predicted molar refractivity (Wildman–Crippen MR) is 86.3 cm³/mol. The van der Waals surface area contributed by atoms with E-state index < -0.39 is 4.92 Å². The summed E-state index contributed by atoms with van der Waals surface area (Å²) in [4.78, 5) is 30.0. The van der Waals surface area contributed by atoms with Gasteiger partial charge in [-0.15, -0.1) is 0 Å². The van der Waals surface area contributed by atoms with Crippen molar-refractivity contribution in [2.75, 3.05) is 0 Å². The number of para-hydroxylation sites is 2. The van der Waals surface area contributed by atoms with Crippen LogP contribution in [0.1, 0.15) is 17.2 Å². The Morgan fingerprint density at radius 2 is 2.12 bits per heavy atom. The highest BCUT2D eigenvalue weighted by molar-refractivity contribution is 5.77. The van der Waals surface area contributed by atoms with Crippen molar-refractivity contribution in [1.82, 2.24) is 25.1 Å². The van der Waals surface area contributed by atoms with Crippen LogP contribution in [0.25, 0.3) is 11.0 Å². The Kier molecular flexibility index (Phi) is 3.98. The summed E-state index contributed by atoms with van der Waals surface area (Å²) in [5, 5.41) is 17.8. The second-order valence-electron chi connectivity index (χ2n) is 5.41. The number of nitro groups is 1. The van der Waals surface area contributed by atoms with Gasteiger partial charge < -0.3 is 10.3 Å². The SMILES string of the molecule is Cc1nn(CC(=O)NCc2nc3ccccc3[nH]2)c(C)c1[N+](=O)[O-]. The van der Waals surface area contributed by atoms with Gasteiger partial charge in [0, 0.05) is 0 Å². The molecule has 2 aromatic heterocycles. The fourth-order valence-electron chi connectivity index (χ4n) is 2.57. The number of imidazole rings is 1. The number of hydrogen-bond acceptors (Lipinski definition) is 5. The summed E-state index contributed by atoms with van der Waals surface area (Å²) in [5.74, 6) is 0.347. The summed E-state index contributed by atoms with van der Waals surface area (Å²) in [6.45, 7) is 3.29. The molecule has 0 aliphatic rings. The van der Waals surface area contributed by atoms with Gasteiger partial charge in [-0.2, -0.15) is 5.10 Å². The number of hydrogen-bond donors (Lipinski definition) is 2. The Bertz CT molecular complexity index is 894. The van der Waals surface area contributed by atoms with E-state index in [2.05, 4.69) is 20.4 Å². The van der Waals surface area contributed by atoms with E-state index in [9.17, 15) is 14.9 Å². The molecule has 0 radical (unpaired) electrons. The summed E-state index contributed by atoms with van der Waals surface area (Å²) in [7, 11) is 0. The molecule has 0 atom stereocenters. The third-order valence-corrected chi connectivity index (χ3v) is 3.71. The zero-order chi connectivity index (χ0) is 17.3. The van der Waals surface area contributed by atoms with Gasteiger partial charge in [0.1, 0.15) is 23.8 Å². The molecule has 2 N–H and O–H groups in total. The highest BCUT2D eigenvalue weighted by Crippen LogP contribution is 2.21. The van der Waals surface area contributed by atoms with E-state index in [1.54, 1.807) is 13.8 Å². The smallest absolute Gasteiger partial charge is 0.312 e. The molecule has 24 heavy (non-hydrogen) atoms. The first-order chi connectivity index (χ1) is 11.5. The maximum Gasteiger partial charge on any atom is 0.312 e. The van der Waals surface area contributed by atoms with Gasteiger partial charge in [-0.25, -0.2) is 4.98 Å². The van der Waals surface area contributed by atoms with E-state index in [0.29, 0.717) is 17.2 Å². The Morgan fingerprint density at radius 3 is 2.79 bits per heavy atom. The average molecular weight is 328 g/mol. The largest absolute Gasteiger partial charge is 0.347 e. The lowest BCUT2D eigenvalue weighted by Crippen LogP contribution is -2.28. The van der Waals surface area contributed by atoms with E-state index in [4.69, 9.17) is 0 Å². The molecule has 9 heteroatoms. The molecule has 0 bridgehead atoms. The van der Waals surface area contributed by atoms with Crippen LogP contribution < -0.4 is 5.32 Å². The third-order valence-electron chi connectivity index (χ3n) is 3.71. The average Bonchev–Trinajstić information content (AvgIpc) is 3.06. The summed E-state index contributed by atoms with van der Waals surface area (Å²) in [6, 6.07) is 7.58. The van der Waals surface area contributed by atoms with Crippen LogP contribution in [0.4, 0.5) is 5.69 Å². The number of amides is 1. The lowest BCUT2D eigenvalue weighted by molar-refractivity contribution is -0.386. The fourth-order valence-corrected chi connectivity index (χ4v) is 2.57. The maximum absolute atomic E-state index is 12.1. The van der Waals surface area contributed by atoms with Crippen molar-refractivity contribution in [2.24, 2.45) is 0 Å². The highest BCUT2D eigenvalue weighted by Gasteiger charge is 2.22. The second-order valence-corrected chi connectivity index (χ2v) is 5.41. The van der Waals surface area contributed by atoms with Crippen molar-refractivity contribution in [2.45, 2.75) is 26.9 Å². The number of benzene rings is 1. The maximum atomic E-state index is 12.1. The van der Waals surface area contributed by atoms with Gasteiger partial charge in [-0.05, 0) is 26.0 Å². The van der Waals surface area contributed by atoms with E-state index >= 15 is 0 Å². The summed E-state index contributed by atoms with van der Waals surface area (Å²) in [5.41, 5.74) is 2.32. The number of aryl methyl sites for hydroxylation is 1. The van der Waals surface area contributed by atoms with Crippen LogP contribution in [0, 0.1) is 24.0 Å². The van der Waals surface area contributed by atoms with Crippen molar-refractivity contribution in [3.63, 3.8) is 0 Å². The van der Waals surface area contributed by atoms with Crippen LogP contribution in [0.5, 0.6) is 0 Å². The minimum atomic E-state index is -0.486. The van der Waals surface area contributed by atoms with Gasteiger partial charge in [0.2, 0.25) is 5.91 Å². The molecule has 3 rings (SSSR count). The quantitative estimate of drug-likeness (QED) is 0.544. The van der Waals surface area contributed by atoms with Crippen LogP contribution in [0.3, 0.4) is 0 Å². The molecule has 0 aliphatic heterocycles. The van der Waals surface area contributed by atoms with Crippen molar-refractivity contribution in [1.29, 1.82) is 0 Å². The van der Waals surface area contributed by atoms with Crippen LogP contribution in [-0.4, -0.2) is 30.6 Å². The number of aromatic amines is 1.